The Morgan fingerprint density at radius 3 is 2.26 bits per heavy atom. The molecule has 7 heteroatoms. The van der Waals surface area contributed by atoms with Gasteiger partial charge in [0.05, 0.1) is 18.1 Å². The number of hydrogen-bond donors (Lipinski definition) is 1. The molecule has 0 saturated carbocycles. The van der Waals surface area contributed by atoms with E-state index in [-0.39, 0.29) is 10.8 Å². The van der Waals surface area contributed by atoms with Crippen LogP contribution in [-0.2, 0) is 34.5 Å². The number of carbonyl (C=O) groups is 1. The normalized spacial score (nSPS) is 14.6. The molecule has 1 aliphatic heterocycles. The predicted octanol–water partition coefficient (Wildman–Crippen LogP) is 4.51. The molecule has 34 heavy (non-hydrogen) atoms. The lowest BCUT2D eigenvalue weighted by Gasteiger charge is -2.26. The van der Waals surface area contributed by atoms with Gasteiger partial charge in [-0.15, -0.1) is 0 Å². The van der Waals surface area contributed by atoms with Crippen LogP contribution in [0.2, 0.25) is 0 Å². The van der Waals surface area contributed by atoms with Crippen LogP contribution in [0.4, 0.5) is 0 Å². The Labute approximate surface area is 201 Å². The number of benzene rings is 3. The van der Waals surface area contributed by atoms with Gasteiger partial charge in [0.25, 0.3) is 5.91 Å². The van der Waals surface area contributed by atoms with Crippen LogP contribution < -0.4 is 5.32 Å². The fourth-order valence-corrected chi connectivity index (χ4v) is 5.59. The van der Waals surface area contributed by atoms with Crippen molar-refractivity contribution in [1.29, 1.82) is 0 Å². The molecular weight excluding hydrogens is 448 g/mol. The second-order valence-corrected chi connectivity index (χ2v) is 10.4. The molecule has 0 unspecified atom stereocenters. The molecule has 3 aromatic carbocycles. The van der Waals surface area contributed by atoms with Crippen molar-refractivity contribution in [3.63, 3.8) is 0 Å². The van der Waals surface area contributed by atoms with E-state index >= 15 is 0 Å². The van der Waals surface area contributed by atoms with Gasteiger partial charge in [-0.25, -0.2) is 8.42 Å². The average molecular weight is 479 g/mol. The first-order valence-electron chi connectivity index (χ1n) is 11.6. The van der Waals surface area contributed by atoms with Gasteiger partial charge in [0, 0.05) is 25.2 Å². The zero-order valence-electron chi connectivity index (χ0n) is 19.2. The third-order valence-electron chi connectivity index (χ3n) is 5.87. The van der Waals surface area contributed by atoms with Gasteiger partial charge in [0.2, 0.25) is 10.0 Å². The monoisotopic (exact) mass is 478 g/mol. The maximum Gasteiger partial charge on any atom is 0.251 e. The molecule has 6 nitrogen and oxygen atoms in total. The molecule has 178 valence electrons. The van der Waals surface area contributed by atoms with Crippen LogP contribution in [0.3, 0.4) is 0 Å². The average Bonchev–Trinajstić information content (AvgIpc) is 2.89. The molecule has 0 atom stereocenters. The number of piperidine rings is 1. The van der Waals surface area contributed by atoms with E-state index in [0.717, 1.165) is 36.0 Å². The topological polar surface area (TPSA) is 75.7 Å². The van der Waals surface area contributed by atoms with E-state index in [0.29, 0.717) is 38.4 Å². The zero-order valence-corrected chi connectivity index (χ0v) is 20.0. The second kappa shape index (κ2) is 11.4. The van der Waals surface area contributed by atoms with Gasteiger partial charge in [-0.2, -0.15) is 4.31 Å². The summed E-state index contributed by atoms with van der Waals surface area (Å²) < 4.78 is 33.2. The van der Waals surface area contributed by atoms with Crippen LogP contribution in [0.5, 0.6) is 0 Å². The van der Waals surface area contributed by atoms with Gasteiger partial charge in [0.15, 0.2) is 0 Å². The maximum absolute atomic E-state index is 12.9. The number of ether oxygens (including phenoxy) is 1. The van der Waals surface area contributed by atoms with E-state index in [2.05, 4.69) is 5.32 Å². The third-order valence-corrected chi connectivity index (χ3v) is 7.77. The Balaban J connectivity index is 1.34. The van der Waals surface area contributed by atoms with Gasteiger partial charge in [-0.3, -0.25) is 4.79 Å². The number of carbonyl (C=O) groups excluding carboxylic acids is 1. The number of sulfonamides is 1. The first-order valence-corrected chi connectivity index (χ1v) is 13.0. The van der Waals surface area contributed by atoms with Crippen LogP contribution >= 0.6 is 0 Å². The molecule has 4 rings (SSSR count). The third kappa shape index (κ3) is 6.32. The molecule has 1 N–H and O–H groups in total. The first-order chi connectivity index (χ1) is 16.5. The fraction of sp³-hybridized carbons (Fsp3) is 0.296. The summed E-state index contributed by atoms with van der Waals surface area (Å²) in [6.45, 7) is 2.42. The molecule has 3 aromatic rings. The molecular formula is C27H30N2O4S. The Kier molecular flexibility index (Phi) is 8.11. The van der Waals surface area contributed by atoms with Crippen LogP contribution in [0, 0.1) is 0 Å². The number of hydrogen-bond acceptors (Lipinski definition) is 4. The van der Waals surface area contributed by atoms with E-state index in [1.54, 1.807) is 18.2 Å². The lowest BCUT2D eigenvalue weighted by Crippen LogP contribution is -2.35. The minimum atomic E-state index is -3.58. The smallest absolute Gasteiger partial charge is 0.251 e. The van der Waals surface area contributed by atoms with Crippen molar-refractivity contribution >= 4 is 15.9 Å². The van der Waals surface area contributed by atoms with E-state index in [1.807, 2.05) is 54.6 Å². The molecule has 1 amide bonds. The standard InChI is InChI=1S/C27H30N2O4S/c30-27(25-13-8-14-26(18-25)34(31,32)29-15-5-2-6-16-29)28-19-23-11-7-12-24(17-23)21-33-20-22-9-3-1-4-10-22/h1,3-4,7-14,17-18H,2,5-6,15-16,19-21H2,(H,28,30). The molecule has 0 bridgehead atoms. The first kappa shape index (κ1) is 24.1. The minimum absolute atomic E-state index is 0.166. The highest BCUT2D eigenvalue weighted by Gasteiger charge is 2.26. The van der Waals surface area contributed by atoms with E-state index in [1.165, 1.54) is 10.4 Å². The molecule has 0 aliphatic carbocycles. The van der Waals surface area contributed by atoms with Crippen LogP contribution in [0.25, 0.3) is 0 Å². The van der Waals surface area contributed by atoms with Crippen molar-refractivity contribution in [2.45, 2.75) is 43.9 Å². The fourth-order valence-electron chi connectivity index (χ4n) is 4.03. The lowest BCUT2D eigenvalue weighted by molar-refractivity contribution is 0.0950. The summed E-state index contributed by atoms with van der Waals surface area (Å²) in [6.07, 6.45) is 2.79. The summed E-state index contributed by atoms with van der Waals surface area (Å²) in [5.41, 5.74) is 3.43. The molecule has 1 heterocycles. The largest absolute Gasteiger partial charge is 0.372 e. The molecule has 0 spiro atoms. The zero-order chi connectivity index (χ0) is 23.8. The summed E-state index contributed by atoms with van der Waals surface area (Å²) in [4.78, 5) is 12.9. The lowest BCUT2D eigenvalue weighted by atomic mass is 10.1. The van der Waals surface area contributed by atoms with Crippen molar-refractivity contribution in [1.82, 2.24) is 9.62 Å². The Hall–Kier alpha value is -3.00. The van der Waals surface area contributed by atoms with Gasteiger partial charge in [-0.1, -0.05) is 67.1 Å². The van der Waals surface area contributed by atoms with Crippen LogP contribution in [0.15, 0.2) is 83.8 Å². The summed E-state index contributed by atoms with van der Waals surface area (Å²) in [5, 5.41) is 2.89. The number of amides is 1. The van der Waals surface area contributed by atoms with Crippen molar-refractivity contribution in [2.24, 2.45) is 0 Å². The van der Waals surface area contributed by atoms with Gasteiger partial charge in [0.1, 0.15) is 0 Å². The van der Waals surface area contributed by atoms with Crippen molar-refractivity contribution in [3.05, 3.63) is 101 Å². The summed E-state index contributed by atoms with van der Waals surface area (Å²) in [5.74, 6) is -0.304. The number of nitrogens with zero attached hydrogens (tertiary/aromatic N) is 1. The van der Waals surface area contributed by atoms with Gasteiger partial charge in [-0.05, 0) is 47.7 Å². The Morgan fingerprint density at radius 1 is 0.794 bits per heavy atom. The number of rotatable bonds is 9. The van der Waals surface area contributed by atoms with Crippen molar-refractivity contribution < 1.29 is 17.9 Å². The van der Waals surface area contributed by atoms with Crippen molar-refractivity contribution in [2.75, 3.05) is 13.1 Å². The highest BCUT2D eigenvalue weighted by atomic mass is 32.2. The van der Waals surface area contributed by atoms with Gasteiger partial charge < -0.3 is 10.1 Å². The Morgan fingerprint density at radius 2 is 1.47 bits per heavy atom. The summed E-state index contributed by atoms with van der Waals surface area (Å²) >= 11 is 0. The summed E-state index contributed by atoms with van der Waals surface area (Å²) in [6, 6.07) is 24.2. The highest BCUT2D eigenvalue weighted by molar-refractivity contribution is 7.89. The Bertz CT molecular complexity index is 1210. The predicted molar refractivity (Wildman–Crippen MR) is 132 cm³/mol. The maximum atomic E-state index is 12.9. The summed E-state index contributed by atoms with van der Waals surface area (Å²) in [7, 11) is -3.58. The highest BCUT2D eigenvalue weighted by Crippen LogP contribution is 2.21. The van der Waals surface area contributed by atoms with E-state index in [9.17, 15) is 13.2 Å². The number of nitrogens with one attached hydrogen (secondary N) is 1. The molecule has 1 aliphatic rings. The van der Waals surface area contributed by atoms with E-state index < -0.39 is 10.0 Å². The second-order valence-electron chi connectivity index (χ2n) is 8.47. The molecule has 1 fully saturated rings. The molecule has 0 radical (unpaired) electrons. The quantitative estimate of drug-likeness (QED) is 0.491. The van der Waals surface area contributed by atoms with Crippen LogP contribution in [-0.4, -0.2) is 31.7 Å². The van der Waals surface area contributed by atoms with Crippen molar-refractivity contribution in [3.8, 4) is 0 Å². The SMILES string of the molecule is O=C(NCc1cccc(COCc2ccccc2)c1)c1cccc(S(=O)(=O)N2CCCCC2)c1. The minimum Gasteiger partial charge on any atom is -0.372 e. The molecule has 0 aromatic heterocycles. The van der Waals surface area contributed by atoms with E-state index in [4.69, 9.17) is 4.74 Å². The van der Waals surface area contributed by atoms with Crippen LogP contribution in [0.1, 0.15) is 46.3 Å². The van der Waals surface area contributed by atoms with Gasteiger partial charge >= 0.3 is 0 Å². The molecule has 1 saturated heterocycles.